The van der Waals surface area contributed by atoms with Gasteiger partial charge in [-0.05, 0) is 13.3 Å². The lowest BCUT2D eigenvalue weighted by Gasteiger charge is -2.29. The molecule has 7 heteroatoms. The zero-order valence-electron chi connectivity index (χ0n) is 12.5. The Kier molecular flexibility index (Phi) is 5.74. The van der Waals surface area contributed by atoms with Gasteiger partial charge in [0.15, 0.2) is 0 Å². The van der Waals surface area contributed by atoms with Gasteiger partial charge in [-0.1, -0.05) is 6.92 Å². The maximum atomic E-state index is 12.3. The molecular weight excluding hydrogens is 272 g/mol. The molecule has 0 saturated carbocycles. The van der Waals surface area contributed by atoms with Crippen LogP contribution in [0.25, 0.3) is 0 Å². The van der Waals surface area contributed by atoms with Crippen molar-refractivity contribution in [1.82, 2.24) is 14.9 Å². The third-order valence-corrected chi connectivity index (χ3v) is 3.12. The van der Waals surface area contributed by atoms with Crippen LogP contribution in [0.2, 0.25) is 0 Å². The summed E-state index contributed by atoms with van der Waals surface area (Å²) in [5, 5.41) is 3.02. The van der Waals surface area contributed by atoms with Gasteiger partial charge in [-0.15, -0.1) is 0 Å². The average Bonchev–Trinajstić information content (AvgIpc) is 2.53. The molecule has 1 unspecified atom stereocenters. The summed E-state index contributed by atoms with van der Waals surface area (Å²) in [5.41, 5.74) is 0. The van der Waals surface area contributed by atoms with E-state index in [-0.39, 0.29) is 11.9 Å². The molecule has 1 aliphatic rings. The first-order valence-corrected chi connectivity index (χ1v) is 7.29. The number of amides is 1. The first-order chi connectivity index (χ1) is 10.2. The van der Waals surface area contributed by atoms with E-state index in [0.29, 0.717) is 44.7 Å². The van der Waals surface area contributed by atoms with Crippen molar-refractivity contribution < 1.29 is 14.3 Å². The Morgan fingerprint density at radius 3 is 3.00 bits per heavy atom. The molecule has 7 nitrogen and oxygen atoms in total. The number of anilines is 1. The van der Waals surface area contributed by atoms with Crippen molar-refractivity contribution in [3.63, 3.8) is 0 Å². The summed E-state index contributed by atoms with van der Waals surface area (Å²) in [5.74, 6) is 0.944. The zero-order chi connectivity index (χ0) is 15.1. The fraction of sp³-hybridized carbons (Fsp3) is 0.643. The van der Waals surface area contributed by atoms with E-state index in [4.69, 9.17) is 9.47 Å². The van der Waals surface area contributed by atoms with Crippen molar-refractivity contribution in [1.29, 1.82) is 0 Å². The van der Waals surface area contributed by atoms with Gasteiger partial charge in [-0.25, -0.2) is 4.98 Å². The molecule has 1 aliphatic heterocycles. The Morgan fingerprint density at radius 2 is 2.29 bits per heavy atom. The Bertz CT molecular complexity index is 463. The van der Waals surface area contributed by atoms with Crippen LogP contribution >= 0.6 is 0 Å². The summed E-state index contributed by atoms with van der Waals surface area (Å²) in [6, 6.07) is 1.32. The number of morpholine rings is 1. The number of nitrogens with zero attached hydrogens (tertiary/aromatic N) is 3. The number of rotatable bonds is 6. The number of carbonyl (C=O) groups is 1. The van der Waals surface area contributed by atoms with Crippen LogP contribution in [0.15, 0.2) is 12.3 Å². The van der Waals surface area contributed by atoms with Crippen molar-refractivity contribution in [3.05, 3.63) is 12.3 Å². The van der Waals surface area contributed by atoms with Gasteiger partial charge in [0, 0.05) is 25.4 Å². The van der Waals surface area contributed by atoms with Crippen molar-refractivity contribution in [2.24, 2.45) is 0 Å². The van der Waals surface area contributed by atoms with Crippen molar-refractivity contribution in [2.75, 3.05) is 38.2 Å². The minimum Gasteiger partial charge on any atom is -0.478 e. The smallest absolute Gasteiger partial charge is 0.245 e. The molecule has 0 spiro atoms. The number of hydrogen-bond donors (Lipinski definition) is 1. The van der Waals surface area contributed by atoms with E-state index in [1.165, 1.54) is 0 Å². The molecule has 2 rings (SSSR count). The topological polar surface area (TPSA) is 76.6 Å². The van der Waals surface area contributed by atoms with Crippen LogP contribution in [0.5, 0.6) is 5.88 Å². The van der Waals surface area contributed by atoms with Crippen LogP contribution in [0, 0.1) is 0 Å². The highest BCUT2D eigenvalue weighted by Gasteiger charge is 2.22. The van der Waals surface area contributed by atoms with E-state index in [1.807, 2.05) is 6.92 Å². The second-order valence-electron chi connectivity index (χ2n) is 4.87. The fourth-order valence-corrected chi connectivity index (χ4v) is 2.01. The number of nitrogens with one attached hydrogen (secondary N) is 1. The van der Waals surface area contributed by atoms with Crippen molar-refractivity contribution in [3.8, 4) is 5.88 Å². The summed E-state index contributed by atoms with van der Waals surface area (Å²) >= 11 is 0. The van der Waals surface area contributed by atoms with E-state index in [1.54, 1.807) is 24.1 Å². The van der Waals surface area contributed by atoms with Crippen molar-refractivity contribution >= 4 is 11.9 Å². The quantitative estimate of drug-likeness (QED) is 0.841. The van der Waals surface area contributed by atoms with Gasteiger partial charge in [0.25, 0.3) is 0 Å². The molecule has 0 radical (unpaired) electrons. The molecule has 21 heavy (non-hydrogen) atoms. The van der Waals surface area contributed by atoms with Gasteiger partial charge >= 0.3 is 0 Å². The lowest BCUT2D eigenvalue weighted by Crippen LogP contribution is -2.47. The lowest BCUT2D eigenvalue weighted by atomic mass is 10.2. The van der Waals surface area contributed by atoms with E-state index < -0.39 is 0 Å². The lowest BCUT2D eigenvalue weighted by molar-refractivity contribution is -0.135. The SMILES string of the molecule is CCCOc1ccnc(NC(C)C(=O)N2CCOCC2)n1. The summed E-state index contributed by atoms with van der Waals surface area (Å²) in [4.78, 5) is 22.4. The maximum Gasteiger partial charge on any atom is 0.245 e. The number of ether oxygens (including phenoxy) is 2. The summed E-state index contributed by atoms with van der Waals surface area (Å²) in [6.07, 6.45) is 2.53. The monoisotopic (exact) mass is 294 g/mol. The molecular formula is C14H22N4O3. The van der Waals surface area contributed by atoms with Gasteiger partial charge in [-0.3, -0.25) is 4.79 Å². The first-order valence-electron chi connectivity index (χ1n) is 7.29. The second kappa shape index (κ2) is 7.78. The standard InChI is InChI=1S/C14H22N4O3/c1-3-8-21-12-4-5-15-14(17-12)16-11(2)13(19)18-6-9-20-10-7-18/h4-5,11H,3,6-10H2,1-2H3,(H,15,16,17). The van der Waals surface area contributed by atoms with Gasteiger partial charge in [-0.2, -0.15) is 4.98 Å². The minimum atomic E-state index is -0.385. The van der Waals surface area contributed by atoms with Gasteiger partial charge < -0.3 is 19.7 Å². The molecule has 1 amide bonds. The van der Waals surface area contributed by atoms with Crippen LogP contribution in [-0.2, 0) is 9.53 Å². The van der Waals surface area contributed by atoms with E-state index in [0.717, 1.165) is 6.42 Å². The molecule has 1 saturated heterocycles. The Morgan fingerprint density at radius 1 is 1.52 bits per heavy atom. The molecule has 1 fully saturated rings. The maximum absolute atomic E-state index is 12.3. The summed E-state index contributed by atoms with van der Waals surface area (Å²) < 4.78 is 10.7. The van der Waals surface area contributed by atoms with Gasteiger partial charge in [0.2, 0.25) is 17.7 Å². The summed E-state index contributed by atoms with van der Waals surface area (Å²) in [7, 11) is 0. The molecule has 0 bridgehead atoms. The fourth-order valence-electron chi connectivity index (χ4n) is 2.01. The molecule has 0 aliphatic carbocycles. The Hall–Kier alpha value is -1.89. The van der Waals surface area contributed by atoms with Crippen molar-refractivity contribution in [2.45, 2.75) is 26.3 Å². The molecule has 116 valence electrons. The predicted molar refractivity (Wildman–Crippen MR) is 78.3 cm³/mol. The number of hydrogen-bond acceptors (Lipinski definition) is 6. The third-order valence-electron chi connectivity index (χ3n) is 3.12. The van der Waals surface area contributed by atoms with E-state index in [2.05, 4.69) is 15.3 Å². The highest BCUT2D eigenvalue weighted by molar-refractivity contribution is 5.83. The molecule has 1 atom stereocenters. The molecule has 2 heterocycles. The van der Waals surface area contributed by atoms with Crippen LogP contribution < -0.4 is 10.1 Å². The normalized spacial score (nSPS) is 16.4. The molecule has 1 aromatic heterocycles. The first kappa shape index (κ1) is 15.5. The van der Waals surface area contributed by atoms with E-state index in [9.17, 15) is 4.79 Å². The van der Waals surface area contributed by atoms with Gasteiger partial charge in [0.05, 0.1) is 19.8 Å². The molecule has 0 aromatic carbocycles. The number of carbonyl (C=O) groups excluding carboxylic acids is 1. The minimum absolute atomic E-state index is 0.0294. The largest absolute Gasteiger partial charge is 0.478 e. The molecule has 1 N–H and O–H groups in total. The third kappa shape index (κ3) is 4.56. The zero-order valence-corrected chi connectivity index (χ0v) is 12.5. The average molecular weight is 294 g/mol. The highest BCUT2D eigenvalue weighted by atomic mass is 16.5. The van der Waals surface area contributed by atoms with E-state index >= 15 is 0 Å². The van der Waals surface area contributed by atoms with Crippen LogP contribution in [0.3, 0.4) is 0 Å². The summed E-state index contributed by atoms with van der Waals surface area (Å²) in [6.45, 7) is 6.89. The number of aromatic nitrogens is 2. The van der Waals surface area contributed by atoms with Gasteiger partial charge in [0.1, 0.15) is 6.04 Å². The second-order valence-corrected chi connectivity index (χ2v) is 4.87. The Balaban J connectivity index is 1.91. The van der Waals surface area contributed by atoms with Crippen LogP contribution in [-0.4, -0.2) is 59.7 Å². The predicted octanol–water partition coefficient (Wildman–Crippen LogP) is 0.925. The molecule has 1 aromatic rings. The highest BCUT2D eigenvalue weighted by Crippen LogP contribution is 2.10. The van der Waals surface area contributed by atoms with Crippen LogP contribution in [0.1, 0.15) is 20.3 Å². The van der Waals surface area contributed by atoms with Crippen LogP contribution in [0.4, 0.5) is 5.95 Å². The Labute approximate surface area is 124 Å².